The Balaban J connectivity index is 1.67. The molecule has 2 aromatic heterocycles. The molecule has 0 spiro atoms. The summed E-state index contributed by atoms with van der Waals surface area (Å²) in [4.78, 5) is 8.91. The normalized spacial score (nSPS) is 16.0. The van der Waals surface area contributed by atoms with E-state index >= 15 is 0 Å². The van der Waals surface area contributed by atoms with Crippen LogP contribution in [-0.4, -0.2) is 17.2 Å². The largest absolute Gasteiger partial charge is 0.457 e. The molecule has 0 saturated heterocycles. The van der Waals surface area contributed by atoms with E-state index in [0.717, 1.165) is 47.7 Å². The van der Waals surface area contributed by atoms with Gasteiger partial charge in [-0.1, -0.05) is 23.7 Å². The first-order chi connectivity index (χ1) is 12.3. The summed E-state index contributed by atoms with van der Waals surface area (Å²) in [5.41, 5.74) is 4.14. The van der Waals surface area contributed by atoms with Crippen LogP contribution in [0.5, 0.6) is 0 Å². The second-order valence-electron chi connectivity index (χ2n) is 5.93. The van der Waals surface area contributed by atoms with E-state index in [4.69, 9.17) is 21.0 Å². The Morgan fingerprint density at radius 2 is 1.96 bits per heavy atom. The molecule has 0 bridgehead atoms. The van der Waals surface area contributed by atoms with Gasteiger partial charge < -0.3 is 4.42 Å². The molecular weight excluding hydrogens is 332 g/mol. The molecule has 0 fully saturated rings. The average molecular weight is 349 g/mol. The number of rotatable bonds is 3. The number of pyridine rings is 1. The highest BCUT2D eigenvalue weighted by atomic mass is 35.5. The van der Waals surface area contributed by atoms with Gasteiger partial charge in [0, 0.05) is 30.1 Å². The van der Waals surface area contributed by atoms with Crippen molar-refractivity contribution in [2.75, 3.05) is 6.54 Å². The van der Waals surface area contributed by atoms with Gasteiger partial charge in [-0.15, -0.1) is 0 Å². The summed E-state index contributed by atoms with van der Waals surface area (Å²) in [6, 6.07) is 15.6. The molecule has 4 heteroatoms. The molecule has 0 unspecified atom stereocenters. The Labute approximate surface area is 151 Å². The van der Waals surface area contributed by atoms with Crippen LogP contribution in [0.15, 0.2) is 75.9 Å². The molecule has 3 nitrogen and oxygen atoms in total. The number of benzene rings is 1. The standard InChI is InChI=1S/C21H17ClN2O/c22-19-8-2-1-7-18(19)20-10-9-17(25-20)13-15-5-4-12-24-21(15)16-6-3-11-23-14-16/h1-3,6-11,13-14H,4-5,12H2/b15-13+. The van der Waals surface area contributed by atoms with E-state index in [9.17, 15) is 0 Å². The van der Waals surface area contributed by atoms with Crippen molar-refractivity contribution in [1.29, 1.82) is 0 Å². The number of hydrogen-bond donors (Lipinski definition) is 0. The van der Waals surface area contributed by atoms with Gasteiger partial charge in [-0.05, 0) is 60.9 Å². The van der Waals surface area contributed by atoms with Crippen LogP contribution in [0.2, 0.25) is 5.02 Å². The number of halogens is 1. The molecular formula is C21H17ClN2O. The first-order valence-electron chi connectivity index (χ1n) is 8.32. The predicted octanol–water partition coefficient (Wildman–Crippen LogP) is 5.66. The molecule has 1 aliphatic heterocycles. The van der Waals surface area contributed by atoms with Crippen molar-refractivity contribution in [2.45, 2.75) is 12.8 Å². The zero-order valence-electron chi connectivity index (χ0n) is 13.7. The fraction of sp³-hybridized carbons (Fsp3) is 0.143. The highest BCUT2D eigenvalue weighted by Crippen LogP contribution is 2.30. The Hall–Kier alpha value is -2.65. The fourth-order valence-corrected chi connectivity index (χ4v) is 3.24. The van der Waals surface area contributed by atoms with Crippen molar-refractivity contribution < 1.29 is 4.42 Å². The molecule has 0 saturated carbocycles. The monoisotopic (exact) mass is 348 g/mol. The van der Waals surface area contributed by atoms with Crippen LogP contribution < -0.4 is 0 Å². The van der Waals surface area contributed by atoms with Crippen molar-refractivity contribution >= 4 is 23.4 Å². The van der Waals surface area contributed by atoms with Gasteiger partial charge in [-0.3, -0.25) is 9.98 Å². The lowest BCUT2D eigenvalue weighted by atomic mass is 9.96. The molecule has 4 rings (SSSR count). The van der Waals surface area contributed by atoms with Crippen LogP contribution in [0.25, 0.3) is 17.4 Å². The lowest BCUT2D eigenvalue weighted by Gasteiger charge is -2.15. The maximum Gasteiger partial charge on any atom is 0.136 e. The van der Waals surface area contributed by atoms with E-state index in [-0.39, 0.29) is 0 Å². The number of allylic oxidation sites excluding steroid dienone is 1. The Morgan fingerprint density at radius 3 is 2.80 bits per heavy atom. The van der Waals surface area contributed by atoms with E-state index in [0.29, 0.717) is 5.02 Å². The maximum absolute atomic E-state index is 6.26. The summed E-state index contributed by atoms with van der Waals surface area (Å²) >= 11 is 6.26. The summed E-state index contributed by atoms with van der Waals surface area (Å²) in [6.07, 6.45) is 7.74. The van der Waals surface area contributed by atoms with Gasteiger partial charge in [0.2, 0.25) is 0 Å². The summed E-state index contributed by atoms with van der Waals surface area (Å²) in [5, 5.41) is 0.686. The Bertz CT molecular complexity index is 941. The molecule has 3 heterocycles. The fourth-order valence-electron chi connectivity index (χ4n) is 3.01. The second kappa shape index (κ2) is 7.08. The predicted molar refractivity (Wildman–Crippen MR) is 102 cm³/mol. The molecule has 0 aliphatic carbocycles. The number of furan rings is 1. The van der Waals surface area contributed by atoms with Crippen molar-refractivity contribution in [3.8, 4) is 11.3 Å². The first-order valence-corrected chi connectivity index (χ1v) is 8.69. The summed E-state index contributed by atoms with van der Waals surface area (Å²) in [6.45, 7) is 0.852. The topological polar surface area (TPSA) is 38.4 Å². The van der Waals surface area contributed by atoms with Crippen LogP contribution >= 0.6 is 11.6 Å². The van der Waals surface area contributed by atoms with Gasteiger partial charge in [0.25, 0.3) is 0 Å². The minimum absolute atomic E-state index is 0.686. The molecule has 25 heavy (non-hydrogen) atoms. The van der Waals surface area contributed by atoms with E-state index in [1.807, 2.05) is 54.7 Å². The van der Waals surface area contributed by atoms with E-state index < -0.39 is 0 Å². The zero-order valence-corrected chi connectivity index (χ0v) is 14.4. The lowest BCUT2D eigenvalue weighted by Crippen LogP contribution is -2.11. The van der Waals surface area contributed by atoms with E-state index in [2.05, 4.69) is 11.1 Å². The van der Waals surface area contributed by atoms with Gasteiger partial charge in [0.15, 0.2) is 0 Å². The third-order valence-corrected chi connectivity index (χ3v) is 4.53. The molecule has 124 valence electrons. The number of hydrogen-bond acceptors (Lipinski definition) is 3. The molecule has 0 amide bonds. The number of aliphatic imine (C=N–C) groups is 1. The van der Waals surface area contributed by atoms with Crippen LogP contribution in [0, 0.1) is 0 Å². The van der Waals surface area contributed by atoms with Crippen molar-refractivity contribution in [2.24, 2.45) is 4.99 Å². The van der Waals surface area contributed by atoms with Gasteiger partial charge >= 0.3 is 0 Å². The third kappa shape index (κ3) is 3.42. The quantitative estimate of drug-likeness (QED) is 0.612. The van der Waals surface area contributed by atoms with Gasteiger partial charge in [-0.25, -0.2) is 0 Å². The molecule has 0 N–H and O–H groups in total. The Morgan fingerprint density at radius 1 is 1.04 bits per heavy atom. The molecule has 1 aliphatic rings. The van der Waals surface area contributed by atoms with Gasteiger partial charge in [-0.2, -0.15) is 0 Å². The van der Waals surface area contributed by atoms with Crippen molar-refractivity contribution in [1.82, 2.24) is 4.98 Å². The van der Waals surface area contributed by atoms with Crippen LogP contribution in [0.1, 0.15) is 24.2 Å². The minimum Gasteiger partial charge on any atom is -0.457 e. The van der Waals surface area contributed by atoms with Gasteiger partial charge in [0.05, 0.1) is 10.7 Å². The zero-order chi connectivity index (χ0) is 17.1. The SMILES string of the molecule is Clc1ccccc1-c1ccc(/C=C2\CCCN=C2c2cccnc2)o1. The highest BCUT2D eigenvalue weighted by Gasteiger charge is 2.15. The first kappa shape index (κ1) is 15.9. The summed E-state index contributed by atoms with van der Waals surface area (Å²) < 4.78 is 6.01. The summed E-state index contributed by atoms with van der Waals surface area (Å²) in [7, 11) is 0. The number of nitrogens with zero attached hydrogens (tertiary/aromatic N) is 2. The smallest absolute Gasteiger partial charge is 0.136 e. The van der Waals surface area contributed by atoms with Crippen molar-refractivity contribution in [3.05, 3.63) is 82.8 Å². The van der Waals surface area contributed by atoms with Crippen molar-refractivity contribution in [3.63, 3.8) is 0 Å². The van der Waals surface area contributed by atoms with Crippen LogP contribution in [0.4, 0.5) is 0 Å². The Kier molecular flexibility index (Phi) is 4.49. The molecule has 0 atom stereocenters. The molecule has 3 aromatic rings. The average Bonchev–Trinajstić information content (AvgIpc) is 3.11. The maximum atomic E-state index is 6.26. The second-order valence-corrected chi connectivity index (χ2v) is 6.33. The van der Waals surface area contributed by atoms with E-state index in [1.54, 1.807) is 6.20 Å². The third-order valence-electron chi connectivity index (χ3n) is 4.20. The van der Waals surface area contributed by atoms with E-state index in [1.165, 1.54) is 5.57 Å². The minimum atomic E-state index is 0.686. The summed E-state index contributed by atoms with van der Waals surface area (Å²) in [5.74, 6) is 1.58. The molecule has 0 radical (unpaired) electrons. The number of aromatic nitrogens is 1. The van der Waals surface area contributed by atoms with Gasteiger partial charge in [0.1, 0.15) is 11.5 Å². The highest BCUT2D eigenvalue weighted by molar-refractivity contribution is 6.33. The lowest BCUT2D eigenvalue weighted by molar-refractivity contribution is 0.571. The van der Waals surface area contributed by atoms with Crippen LogP contribution in [0.3, 0.4) is 0 Å². The van der Waals surface area contributed by atoms with Crippen LogP contribution in [-0.2, 0) is 0 Å². The molecule has 1 aromatic carbocycles.